The van der Waals surface area contributed by atoms with E-state index in [1.165, 1.54) is 46.3 Å². The van der Waals surface area contributed by atoms with Crippen molar-refractivity contribution in [1.29, 1.82) is 10.5 Å². The molecule has 0 aliphatic carbocycles. The average molecular weight is 1070 g/mol. The lowest BCUT2D eigenvalue weighted by atomic mass is 10.1. The molecule has 6 aromatic rings. The topological polar surface area (TPSA) is 217 Å². The molecule has 0 unspecified atom stereocenters. The summed E-state index contributed by atoms with van der Waals surface area (Å²) in [4.78, 5) is 18.0. The molecular weight excluding hydrogens is 1020 g/mol. The van der Waals surface area contributed by atoms with Crippen LogP contribution in [0.4, 0.5) is 0 Å². The van der Waals surface area contributed by atoms with Crippen molar-refractivity contribution in [3.8, 4) is 57.7 Å². The highest BCUT2D eigenvalue weighted by molar-refractivity contribution is 7.98. The molecule has 0 N–H and O–H groups in total. The van der Waals surface area contributed by atoms with Crippen LogP contribution in [-0.4, -0.2) is 121 Å². The van der Waals surface area contributed by atoms with Gasteiger partial charge in [0, 0.05) is 85.5 Å². The minimum absolute atomic E-state index is 0.0429. The molecule has 6 rings (SSSR count). The highest BCUT2D eigenvalue weighted by Gasteiger charge is 2.26. The van der Waals surface area contributed by atoms with Gasteiger partial charge in [-0.25, -0.2) is 23.4 Å². The molecule has 0 aliphatic rings. The summed E-state index contributed by atoms with van der Waals surface area (Å²) in [7, 11) is -0.305. The van der Waals surface area contributed by atoms with E-state index in [0.717, 1.165) is 18.3 Å². The molecule has 0 radical (unpaired) electrons. The predicted molar refractivity (Wildman–Crippen MR) is 277 cm³/mol. The summed E-state index contributed by atoms with van der Waals surface area (Å²) in [5, 5.41) is 21.5. The van der Waals surface area contributed by atoms with Gasteiger partial charge < -0.3 is 47.0 Å². The molecule has 0 fully saturated rings. The molecule has 2 aromatic carbocycles. The summed E-state index contributed by atoms with van der Waals surface area (Å²) in [5.74, 6) is 1.58. The zero-order chi connectivity index (χ0) is 51.6. The lowest BCUT2D eigenvalue weighted by Crippen LogP contribution is -2.22. The average Bonchev–Trinajstić information content (AvgIpc) is 3.86. The number of hydrogen-bond acceptors (Lipinski definition) is 17. The van der Waals surface area contributed by atoms with E-state index in [4.69, 9.17) is 66.1 Å². The van der Waals surface area contributed by atoms with Crippen LogP contribution in [0.25, 0.3) is 44.6 Å². The van der Waals surface area contributed by atoms with Gasteiger partial charge in [-0.3, -0.25) is 0 Å². The number of sulfone groups is 1. The zero-order valence-electron chi connectivity index (χ0n) is 41.4. The summed E-state index contributed by atoms with van der Waals surface area (Å²) in [6.07, 6.45) is 6.24. The first kappa shape index (κ1) is 55.9. The van der Waals surface area contributed by atoms with Crippen LogP contribution in [0, 0.1) is 22.7 Å². The van der Waals surface area contributed by atoms with Crippen molar-refractivity contribution in [2.45, 2.75) is 75.1 Å². The van der Waals surface area contributed by atoms with Crippen molar-refractivity contribution in [2.24, 2.45) is 0 Å². The molecule has 70 heavy (non-hydrogen) atoms. The van der Waals surface area contributed by atoms with Crippen LogP contribution >= 0.6 is 35.0 Å². The second-order valence-electron chi connectivity index (χ2n) is 18.1. The third kappa shape index (κ3) is 14.1. The number of ether oxygens (including phenoxy) is 8. The third-order valence-corrected chi connectivity index (χ3v) is 15.7. The minimum Gasteiger partial charge on any atom is -0.493 e. The van der Waals surface area contributed by atoms with Gasteiger partial charge in [-0.15, -0.1) is 0 Å². The van der Waals surface area contributed by atoms with Gasteiger partial charge in [0.1, 0.15) is 36.9 Å². The fourth-order valence-corrected chi connectivity index (χ4v) is 9.52. The minimum atomic E-state index is -3.81. The normalized spacial score (nSPS) is 11.8. The van der Waals surface area contributed by atoms with Gasteiger partial charge in [0.2, 0.25) is 15.0 Å². The van der Waals surface area contributed by atoms with E-state index in [2.05, 4.69) is 66.4 Å². The Morgan fingerprint density at radius 2 is 1.09 bits per heavy atom. The van der Waals surface area contributed by atoms with Gasteiger partial charge in [-0.05, 0) is 30.5 Å². The first-order valence-electron chi connectivity index (χ1n) is 21.6. The first-order chi connectivity index (χ1) is 33.1. The number of thioether (sulfide) groups is 1. The van der Waals surface area contributed by atoms with E-state index < -0.39 is 31.1 Å². The van der Waals surface area contributed by atoms with Crippen LogP contribution in [0.15, 0.2) is 47.0 Å². The maximum atomic E-state index is 12.5. The van der Waals surface area contributed by atoms with Crippen molar-refractivity contribution in [3.05, 3.63) is 57.8 Å². The van der Waals surface area contributed by atoms with Crippen LogP contribution < -0.4 is 18.9 Å². The van der Waals surface area contributed by atoms with E-state index in [0.29, 0.717) is 91.9 Å². The van der Waals surface area contributed by atoms with Crippen molar-refractivity contribution in [2.75, 3.05) is 67.8 Å². The number of fused-ring (bicyclic) bond motifs is 2. The maximum Gasteiger partial charge on any atom is 0.249 e. The van der Waals surface area contributed by atoms with Crippen molar-refractivity contribution < 1.29 is 46.3 Å². The zero-order valence-corrected chi connectivity index (χ0v) is 46.5. The summed E-state index contributed by atoms with van der Waals surface area (Å²) < 4.78 is 72.3. The van der Waals surface area contributed by atoms with E-state index in [1.807, 2.05) is 10.8 Å². The van der Waals surface area contributed by atoms with Crippen LogP contribution in [0.2, 0.25) is 61.4 Å². The Balaban J connectivity index is 0.000000261. The lowest BCUT2D eigenvalue weighted by molar-refractivity contribution is 0.0490. The quantitative estimate of drug-likeness (QED) is 0.0203. The number of rotatable bonds is 22. The van der Waals surface area contributed by atoms with Crippen molar-refractivity contribution >= 4 is 83.0 Å². The summed E-state index contributed by atoms with van der Waals surface area (Å²) in [5.41, 5.74) is 3.22. The van der Waals surface area contributed by atoms with E-state index >= 15 is 0 Å². The first-order valence-corrected chi connectivity index (χ1v) is 32.9. The van der Waals surface area contributed by atoms with E-state index in [-0.39, 0.29) is 42.2 Å². The summed E-state index contributed by atoms with van der Waals surface area (Å²) >= 11 is 14.6. The molecule has 376 valence electrons. The highest BCUT2D eigenvalue weighted by atomic mass is 35.5. The summed E-state index contributed by atoms with van der Waals surface area (Å²) in [6.45, 7) is 15.2. The number of benzene rings is 2. The Bertz CT molecular complexity index is 3020. The number of nitrogens with zero attached hydrogens (tertiary/aromatic N) is 8. The molecular formula is C46H58Cl2N8O10S2Si2. The fourth-order valence-electron chi connectivity index (χ4n) is 6.65. The van der Waals surface area contributed by atoms with Crippen LogP contribution in [0.5, 0.6) is 23.0 Å². The van der Waals surface area contributed by atoms with Crippen molar-refractivity contribution in [3.63, 3.8) is 0 Å². The highest BCUT2D eigenvalue weighted by Crippen LogP contribution is 2.43. The number of nitriles is 2. The number of hydrogen-bond donors (Lipinski definition) is 0. The molecule has 24 heteroatoms. The smallest absolute Gasteiger partial charge is 0.249 e. The standard InChI is InChI=1S/C23H29ClN4O6SSi.C23H29ClN4O4SSi/c1-31-14-34-19-9-16(17(24)10-18(19)32-2)21-20-15(11-25)12-28(13-33-7-8-36(4,5)6)22(20)27-23(26-21)35(3,29)30;1-29-14-32-19-9-16(17(24)10-18(19)30-2)21-20-15(11-25)12-28(13-31-7-8-34(4,5)6)22(20)27-23(26-21)33-3/h9-10,12H,7-8,13-14H2,1-6H3;9-10,12H,7-8,13-14H2,1-6H3. The molecule has 0 saturated carbocycles. The van der Waals surface area contributed by atoms with Crippen LogP contribution in [-0.2, 0) is 42.2 Å². The molecule has 4 aromatic heterocycles. The number of methoxy groups -OCH3 is 4. The molecule has 0 spiro atoms. The Morgan fingerprint density at radius 1 is 0.657 bits per heavy atom. The Hall–Kier alpha value is -4.99. The molecule has 4 heterocycles. The third-order valence-electron chi connectivity index (χ3n) is 10.3. The maximum absolute atomic E-state index is 12.5. The van der Waals surface area contributed by atoms with Gasteiger partial charge in [0.15, 0.2) is 41.7 Å². The van der Waals surface area contributed by atoms with Crippen LogP contribution in [0.3, 0.4) is 0 Å². The second kappa shape index (κ2) is 24.4. The molecule has 0 amide bonds. The van der Waals surface area contributed by atoms with Gasteiger partial charge in [-0.1, -0.05) is 74.2 Å². The van der Waals surface area contributed by atoms with Crippen molar-refractivity contribution in [1.82, 2.24) is 29.1 Å². The second-order valence-corrected chi connectivity index (χ2v) is 32.8. The number of aromatic nitrogens is 6. The molecule has 18 nitrogen and oxygen atoms in total. The molecule has 0 atom stereocenters. The predicted octanol–water partition coefficient (Wildman–Crippen LogP) is 9.98. The SMILES string of the molecule is COCOc1cc(-c2nc(S(C)(=O)=O)nc3c2c(C#N)cn3COCC[Si](C)(C)C)c(Cl)cc1OC.COCOc1cc(-c2nc(SC)nc3c2c(C#N)cn3COCC[Si](C)(C)C)c(Cl)cc1OC. The Kier molecular flexibility index (Phi) is 19.5. The van der Waals surface area contributed by atoms with Gasteiger partial charge in [0.05, 0.1) is 57.6 Å². The molecule has 0 bridgehead atoms. The van der Waals surface area contributed by atoms with E-state index in [1.54, 1.807) is 35.2 Å². The summed E-state index contributed by atoms with van der Waals surface area (Å²) in [6, 6.07) is 12.9. The fraction of sp³-hybridized carbons (Fsp3) is 0.435. The molecule has 0 saturated heterocycles. The molecule has 0 aliphatic heterocycles. The number of halogens is 2. The van der Waals surface area contributed by atoms with E-state index in [9.17, 15) is 18.9 Å². The lowest BCUT2D eigenvalue weighted by Gasteiger charge is -2.16. The largest absolute Gasteiger partial charge is 0.493 e. The monoisotopic (exact) mass is 1070 g/mol. The van der Waals surface area contributed by atoms with Gasteiger partial charge >= 0.3 is 0 Å². The van der Waals surface area contributed by atoms with Crippen LogP contribution in [0.1, 0.15) is 11.1 Å². The Labute approximate surface area is 425 Å². The van der Waals surface area contributed by atoms with Gasteiger partial charge in [-0.2, -0.15) is 15.5 Å². The van der Waals surface area contributed by atoms with Gasteiger partial charge in [0.25, 0.3) is 0 Å². The Morgan fingerprint density at radius 3 is 1.46 bits per heavy atom.